The maximum absolute atomic E-state index is 5.36. The van der Waals surface area contributed by atoms with Gasteiger partial charge in [0, 0.05) is 39.2 Å². The molecule has 1 N–H and O–H groups in total. The van der Waals surface area contributed by atoms with Crippen LogP contribution >= 0.6 is 0 Å². The molecule has 4 nitrogen and oxygen atoms in total. The molecule has 0 radical (unpaired) electrons. The zero-order chi connectivity index (χ0) is 21.0. The van der Waals surface area contributed by atoms with Gasteiger partial charge in [-0.15, -0.1) is 0 Å². The first-order valence-corrected chi connectivity index (χ1v) is 11.3. The predicted octanol–water partition coefficient (Wildman–Crippen LogP) is 3.49. The summed E-state index contributed by atoms with van der Waals surface area (Å²) in [6.07, 6.45) is 5.60. The molecule has 0 aliphatic carbocycles. The Hall–Kier alpha value is -2.01. The number of benzene rings is 2. The molecule has 0 atom stereocenters. The Morgan fingerprint density at radius 1 is 0.833 bits per heavy atom. The Kier molecular flexibility index (Phi) is 9.55. The average Bonchev–Trinajstić information content (AvgIpc) is 2.79. The quantitative estimate of drug-likeness (QED) is 0.406. The smallest absolute Gasteiger partial charge is 0.183 e. The Morgan fingerprint density at radius 3 is 2.37 bits per heavy atom. The van der Waals surface area contributed by atoms with Gasteiger partial charge in [-0.2, -0.15) is 0 Å². The minimum atomic E-state index is 0.765. The van der Waals surface area contributed by atoms with Crippen molar-refractivity contribution < 1.29 is 14.0 Å². The standard InChI is InChI=1S/C26H37N2O2/c1-29-20-17-27-16-14-23-9-4-3-8-22(23)11-7-13-26-25-12-6-5-10-24(25)15-18-28(26)19-21-30-2/h3-6,8-10,12,27H,7,11,13-21H2,1-2H3/q+1. The van der Waals surface area contributed by atoms with Gasteiger partial charge in [-0.05, 0) is 48.6 Å². The molecule has 0 amide bonds. The summed E-state index contributed by atoms with van der Waals surface area (Å²) in [7, 11) is 3.54. The van der Waals surface area contributed by atoms with Gasteiger partial charge in [-0.1, -0.05) is 42.5 Å². The van der Waals surface area contributed by atoms with Crippen molar-refractivity contribution in [1.82, 2.24) is 5.32 Å². The molecule has 0 bridgehead atoms. The van der Waals surface area contributed by atoms with Crippen LogP contribution in [-0.4, -0.2) is 63.9 Å². The van der Waals surface area contributed by atoms with E-state index < -0.39 is 0 Å². The third kappa shape index (κ3) is 6.49. The van der Waals surface area contributed by atoms with Crippen molar-refractivity contribution in [2.75, 3.05) is 53.6 Å². The van der Waals surface area contributed by atoms with Gasteiger partial charge in [0.05, 0.1) is 6.61 Å². The summed E-state index contributed by atoms with van der Waals surface area (Å²) in [5.74, 6) is 0. The summed E-state index contributed by atoms with van der Waals surface area (Å²) in [5, 5.41) is 3.46. The maximum atomic E-state index is 5.36. The molecule has 3 rings (SSSR count). The van der Waals surface area contributed by atoms with E-state index in [9.17, 15) is 0 Å². The zero-order valence-electron chi connectivity index (χ0n) is 18.7. The lowest BCUT2D eigenvalue weighted by Crippen LogP contribution is -2.32. The molecular weight excluding hydrogens is 372 g/mol. The number of rotatable bonds is 13. The van der Waals surface area contributed by atoms with Crippen molar-refractivity contribution in [2.24, 2.45) is 0 Å². The molecule has 2 aromatic rings. The minimum Gasteiger partial charge on any atom is -0.383 e. The monoisotopic (exact) mass is 409 g/mol. The second kappa shape index (κ2) is 12.6. The van der Waals surface area contributed by atoms with E-state index in [1.54, 1.807) is 14.2 Å². The van der Waals surface area contributed by atoms with E-state index in [0.717, 1.165) is 65.1 Å². The number of nitrogens with zero attached hydrogens (tertiary/aromatic N) is 1. The number of methoxy groups -OCH3 is 2. The molecule has 0 aromatic heterocycles. The largest absolute Gasteiger partial charge is 0.383 e. The van der Waals surface area contributed by atoms with Gasteiger partial charge in [0.1, 0.15) is 13.2 Å². The van der Waals surface area contributed by atoms with Crippen molar-refractivity contribution in [1.29, 1.82) is 0 Å². The van der Waals surface area contributed by atoms with Crippen molar-refractivity contribution in [3.05, 3.63) is 70.8 Å². The van der Waals surface area contributed by atoms with Crippen LogP contribution in [0.25, 0.3) is 0 Å². The lowest BCUT2D eigenvalue weighted by atomic mass is 9.92. The van der Waals surface area contributed by atoms with Crippen molar-refractivity contribution >= 4 is 5.71 Å². The van der Waals surface area contributed by atoms with E-state index in [1.807, 2.05) is 0 Å². The van der Waals surface area contributed by atoms with Crippen molar-refractivity contribution in [3.63, 3.8) is 0 Å². The van der Waals surface area contributed by atoms with Crippen LogP contribution in [0.3, 0.4) is 0 Å². The second-order valence-corrected chi connectivity index (χ2v) is 7.95. The van der Waals surface area contributed by atoms with Crippen LogP contribution in [0, 0.1) is 0 Å². The first-order chi connectivity index (χ1) is 14.8. The Morgan fingerprint density at radius 2 is 1.57 bits per heavy atom. The van der Waals surface area contributed by atoms with E-state index >= 15 is 0 Å². The van der Waals surface area contributed by atoms with Crippen LogP contribution in [0.1, 0.15) is 35.1 Å². The SMILES string of the molecule is COCCNCCc1ccccc1CCCC1=[N+](CCOC)CCc2ccccc21. The van der Waals surface area contributed by atoms with Crippen LogP contribution < -0.4 is 5.32 Å². The zero-order valence-corrected chi connectivity index (χ0v) is 18.7. The molecule has 0 saturated carbocycles. The molecular formula is C26H37N2O2+. The molecule has 0 spiro atoms. The number of hydrogen-bond acceptors (Lipinski definition) is 3. The molecule has 1 heterocycles. The predicted molar refractivity (Wildman–Crippen MR) is 124 cm³/mol. The Bertz CT molecular complexity index is 816. The summed E-state index contributed by atoms with van der Waals surface area (Å²) in [6, 6.07) is 17.8. The molecule has 4 heteroatoms. The van der Waals surface area contributed by atoms with Crippen LogP contribution in [0.5, 0.6) is 0 Å². The van der Waals surface area contributed by atoms with Crippen LogP contribution in [0.2, 0.25) is 0 Å². The molecule has 0 fully saturated rings. The van der Waals surface area contributed by atoms with Crippen LogP contribution in [0.4, 0.5) is 0 Å². The molecule has 0 unspecified atom stereocenters. The van der Waals surface area contributed by atoms with Gasteiger partial charge in [-0.3, -0.25) is 0 Å². The lowest BCUT2D eigenvalue weighted by molar-refractivity contribution is -0.532. The molecule has 1 aliphatic rings. The topological polar surface area (TPSA) is 33.5 Å². The Labute approximate surface area is 181 Å². The summed E-state index contributed by atoms with van der Waals surface area (Å²) in [6.45, 7) is 5.53. The first-order valence-electron chi connectivity index (χ1n) is 11.3. The summed E-state index contributed by atoms with van der Waals surface area (Å²) in [4.78, 5) is 0. The average molecular weight is 410 g/mol. The summed E-state index contributed by atoms with van der Waals surface area (Å²) < 4.78 is 13.0. The number of fused-ring (bicyclic) bond motifs is 1. The Balaban J connectivity index is 1.62. The molecule has 162 valence electrons. The maximum Gasteiger partial charge on any atom is 0.183 e. The van der Waals surface area contributed by atoms with Gasteiger partial charge in [-0.25, -0.2) is 4.58 Å². The van der Waals surface area contributed by atoms with Gasteiger partial charge in [0.2, 0.25) is 0 Å². The number of aryl methyl sites for hydroxylation is 1. The fraction of sp³-hybridized carbons (Fsp3) is 0.500. The van der Waals surface area contributed by atoms with Crippen LogP contribution in [-0.2, 0) is 28.7 Å². The van der Waals surface area contributed by atoms with Gasteiger partial charge in [0.25, 0.3) is 0 Å². The van der Waals surface area contributed by atoms with E-state index in [1.165, 1.54) is 34.4 Å². The highest BCUT2D eigenvalue weighted by atomic mass is 16.5. The molecule has 30 heavy (non-hydrogen) atoms. The highest BCUT2D eigenvalue weighted by Crippen LogP contribution is 2.20. The summed E-state index contributed by atoms with van der Waals surface area (Å²) in [5.41, 5.74) is 7.37. The van der Waals surface area contributed by atoms with Crippen LogP contribution in [0.15, 0.2) is 48.5 Å². The third-order valence-corrected chi connectivity index (χ3v) is 5.96. The lowest BCUT2D eigenvalue weighted by Gasteiger charge is -2.19. The van der Waals surface area contributed by atoms with Crippen molar-refractivity contribution in [3.8, 4) is 0 Å². The first kappa shape index (κ1) is 22.7. The molecule has 2 aromatic carbocycles. The number of hydrogen-bond donors (Lipinski definition) is 1. The third-order valence-electron chi connectivity index (χ3n) is 5.96. The van der Waals surface area contributed by atoms with Crippen molar-refractivity contribution in [2.45, 2.75) is 32.1 Å². The number of nitrogens with one attached hydrogen (secondary N) is 1. The fourth-order valence-corrected chi connectivity index (χ4v) is 4.34. The molecule has 0 saturated heterocycles. The van der Waals surface area contributed by atoms with Gasteiger partial charge in [0.15, 0.2) is 12.3 Å². The van der Waals surface area contributed by atoms with E-state index in [0.29, 0.717) is 0 Å². The summed E-state index contributed by atoms with van der Waals surface area (Å²) >= 11 is 0. The van der Waals surface area contributed by atoms with Gasteiger partial charge < -0.3 is 14.8 Å². The molecule has 1 aliphatic heterocycles. The normalized spacial score (nSPS) is 13.5. The minimum absolute atomic E-state index is 0.765. The van der Waals surface area contributed by atoms with Gasteiger partial charge >= 0.3 is 0 Å². The van der Waals surface area contributed by atoms with E-state index in [-0.39, 0.29) is 0 Å². The van der Waals surface area contributed by atoms with E-state index in [4.69, 9.17) is 9.47 Å². The number of ether oxygens (including phenoxy) is 2. The highest BCUT2D eigenvalue weighted by molar-refractivity contribution is 5.98. The fourth-order valence-electron chi connectivity index (χ4n) is 4.34. The van der Waals surface area contributed by atoms with E-state index in [2.05, 4.69) is 58.4 Å². The highest BCUT2D eigenvalue weighted by Gasteiger charge is 2.24. The second-order valence-electron chi connectivity index (χ2n) is 7.95.